The molecular formula is C19H16ClN3O4. The molecule has 0 fully saturated rings. The zero-order valence-corrected chi connectivity index (χ0v) is 15.4. The summed E-state index contributed by atoms with van der Waals surface area (Å²) < 4.78 is 6.14. The van der Waals surface area contributed by atoms with Gasteiger partial charge in [-0.25, -0.2) is 9.48 Å². The van der Waals surface area contributed by atoms with Crippen molar-refractivity contribution in [2.45, 2.75) is 6.92 Å². The van der Waals surface area contributed by atoms with Gasteiger partial charge in [0.25, 0.3) is 11.5 Å². The largest absolute Gasteiger partial charge is 0.451 e. The molecule has 0 spiro atoms. The van der Waals surface area contributed by atoms with E-state index in [1.165, 1.54) is 7.05 Å². The van der Waals surface area contributed by atoms with Crippen LogP contribution in [0.25, 0.3) is 10.8 Å². The second-order valence-electron chi connectivity index (χ2n) is 5.91. The van der Waals surface area contributed by atoms with Crippen LogP contribution >= 0.6 is 11.6 Å². The Balaban J connectivity index is 1.76. The Morgan fingerprint density at radius 3 is 2.63 bits per heavy atom. The van der Waals surface area contributed by atoms with Gasteiger partial charge in [0.1, 0.15) is 0 Å². The standard InChI is InChI=1S/C19H16ClN3O4/c1-11-7-8-12(20)9-15(11)21-16(24)10-27-19(26)17-13-5-3-4-6-14(13)18(25)23(2)22-17/h3-9H,10H2,1-2H3,(H,21,24). The molecule has 0 radical (unpaired) electrons. The maximum Gasteiger partial charge on any atom is 0.359 e. The molecule has 8 heteroatoms. The molecule has 1 heterocycles. The maximum atomic E-state index is 12.4. The van der Waals surface area contributed by atoms with Gasteiger partial charge in [0.15, 0.2) is 12.3 Å². The fourth-order valence-electron chi connectivity index (χ4n) is 2.57. The lowest BCUT2D eigenvalue weighted by molar-refractivity contribution is -0.119. The summed E-state index contributed by atoms with van der Waals surface area (Å²) in [6.45, 7) is 1.32. The van der Waals surface area contributed by atoms with Gasteiger partial charge in [0.2, 0.25) is 0 Å². The van der Waals surface area contributed by atoms with Crippen molar-refractivity contribution in [1.82, 2.24) is 9.78 Å². The van der Waals surface area contributed by atoms with Crippen molar-refractivity contribution in [2.75, 3.05) is 11.9 Å². The zero-order valence-electron chi connectivity index (χ0n) is 14.7. The lowest BCUT2D eigenvalue weighted by atomic mass is 10.1. The molecule has 0 atom stereocenters. The van der Waals surface area contributed by atoms with Crippen LogP contribution in [0.15, 0.2) is 47.3 Å². The van der Waals surface area contributed by atoms with E-state index < -0.39 is 18.5 Å². The van der Waals surface area contributed by atoms with Crippen molar-refractivity contribution in [2.24, 2.45) is 7.05 Å². The molecule has 1 amide bonds. The van der Waals surface area contributed by atoms with Gasteiger partial charge in [-0.3, -0.25) is 9.59 Å². The molecular weight excluding hydrogens is 370 g/mol. The molecule has 0 aliphatic carbocycles. The highest BCUT2D eigenvalue weighted by molar-refractivity contribution is 6.31. The molecule has 7 nitrogen and oxygen atoms in total. The van der Waals surface area contributed by atoms with Gasteiger partial charge in [-0.1, -0.05) is 35.9 Å². The minimum atomic E-state index is -0.792. The quantitative estimate of drug-likeness (QED) is 0.697. The molecule has 1 N–H and O–H groups in total. The van der Waals surface area contributed by atoms with E-state index in [-0.39, 0.29) is 11.3 Å². The van der Waals surface area contributed by atoms with E-state index in [0.717, 1.165) is 10.2 Å². The van der Waals surface area contributed by atoms with E-state index in [4.69, 9.17) is 16.3 Å². The van der Waals surface area contributed by atoms with Crippen molar-refractivity contribution >= 4 is 39.9 Å². The Kier molecular flexibility index (Phi) is 5.23. The fraction of sp³-hybridized carbons (Fsp3) is 0.158. The highest BCUT2D eigenvalue weighted by Gasteiger charge is 2.18. The van der Waals surface area contributed by atoms with Crippen LogP contribution in [-0.2, 0) is 16.6 Å². The molecule has 27 heavy (non-hydrogen) atoms. The van der Waals surface area contributed by atoms with E-state index in [0.29, 0.717) is 21.5 Å². The van der Waals surface area contributed by atoms with Gasteiger partial charge in [-0.15, -0.1) is 0 Å². The molecule has 0 aliphatic heterocycles. The number of benzene rings is 2. The summed E-state index contributed by atoms with van der Waals surface area (Å²) in [5.74, 6) is -1.30. The number of aryl methyl sites for hydroxylation is 2. The van der Waals surface area contributed by atoms with Crippen LogP contribution in [0.3, 0.4) is 0 Å². The maximum absolute atomic E-state index is 12.4. The van der Waals surface area contributed by atoms with Crippen molar-refractivity contribution in [3.8, 4) is 0 Å². The Labute approximate surface area is 159 Å². The predicted molar refractivity (Wildman–Crippen MR) is 102 cm³/mol. The average Bonchev–Trinajstić information content (AvgIpc) is 2.65. The molecule has 0 unspecified atom stereocenters. The number of aromatic nitrogens is 2. The first kappa shape index (κ1) is 18.6. The van der Waals surface area contributed by atoms with Crippen LogP contribution in [0.1, 0.15) is 16.1 Å². The van der Waals surface area contributed by atoms with E-state index in [9.17, 15) is 14.4 Å². The summed E-state index contributed by atoms with van der Waals surface area (Å²) >= 11 is 5.92. The number of carbonyl (C=O) groups excluding carboxylic acids is 2. The fourth-order valence-corrected chi connectivity index (χ4v) is 2.74. The molecule has 138 valence electrons. The van der Waals surface area contributed by atoms with Crippen LogP contribution in [0.5, 0.6) is 0 Å². The number of hydrogen-bond acceptors (Lipinski definition) is 5. The number of nitrogens with one attached hydrogen (secondary N) is 1. The van der Waals surface area contributed by atoms with Gasteiger partial charge in [0.05, 0.1) is 5.39 Å². The predicted octanol–water partition coefficient (Wildman–Crippen LogP) is 2.69. The topological polar surface area (TPSA) is 90.3 Å². The monoisotopic (exact) mass is 385 g/mol. The van der Waals surface area contributed by atoms with E-state index in [1.54, 1.807) is 42.5 Å². The molecule has 3 aromatic rings. The summed E-state index contributed by atoms with van der Waals surface area (Å²) in [7, 11) is 1.44. The number of anilines is 1. The molecule has 0 saturated heterocycles. The van der Waals surface area contributed by atoms with Crippen LogP contribution in [0, 0.1) is 6.92 Å². The van der Waals surface area contributed by atoms with Gasteiger partial charge in [0, 0.05) is 23.1 Å². The zero-order chi connectivity index (χ0) is 19.6. The van der Waals surface area contributed by atoms with Gasteiger partial charge in [-0.2, -0.15) is 5.10 Å². The summed E-state index contributed by atoms with van der Waals surface area (Å²) in [5.41, 5.74) is 1.01. The number of rotatable bonds is 4. The second kappa shape index (κ2) is 7.59. The first-order valence-corrected chi connectivity index (χ1v) is 8.44. The molecule has 2 aromatic carbocycles. The van der Waals surface area contributed by atoms with E-state index in [2.05, 4.69) is 10.4 Å². The molecule has 3 rings (SSSR count). The van der Waals surface area contributed by atoms with Gasteiger partial charge in [-0.05, 0) is 30.7 Å². The molecule has 1 aromatic heterocycles. The number of ether oxygens (including phenoxy) is 1. The molecule has 0 aliphatic rings. The minimum Gasteiger partial charge on any atom is -0.451 e. The number of fused-ring (bicyclic) bond motifs is 1. The minimum absolute atomic E-state index is 0.0283. The van der Waals surface area contributed by atoms with Crippen molar-refractivity contribution in [3.63, 3.8) is 0 Å². The lowest BCUT2D eigenvalue weighted by Crippen LogP contribution is -2.26. The van der Waals surface area contributed by atoms with Crippen LogP contribution in [0.2, 0.25) is 5.02 Å². The van der Waals surface area contributed by atoms with Crippen LogP contribution < -0.4 is 10.9 Å². The Morgan fingerprint density at radius 1 is 1.19 bits per heavy atom. The van der Waals surface area contributed by atoms with Gasteiger partial charge >= 0.3 is 5.97 Å². The Bertz CT molecular complexity index is 1110. The van der Waals surface area contributed by atoms with Crippen molar-refractivity contribution < 1.29 is 14.3 Å². The third-order valence-corrected chi connectivity index (χ3v) is 4.19. The van der Waals surface area contributed by atoms with E-state index >= 15 is 0 Å². The number of carbonyl (C=O) groups is 2. The first-order chi connectivity index (χ1) is 12.9. The first-order valence-electron chi connectivity index (χ1n) is 8.06. The summed E-state index contributed by atoms with van der Waals surface area (Å²) in [5, 5.41) is 7.81. The lowest BCUT2D eigenvalue weighted by Gasteiger charge is -2.10. The average molecular weight is 386 g/mol. The third kappa shape index (κ3) is 3.98. The summed E-state index contributed by atoms with van der Waals surface area (Å²) in [6, 6.07) is 11.7. The van der Waals surface area contributed by atoms with E-state index in [1.807, 2.05) is 6.92 Å². The van der Waals surface area contributed by atoms with Crippen molar-refractivity contribution in [3.05, 3.63) is 69.1 Å². The third-order valence-electron chi connectivity index (χ3n) is 3.96. The van der Waals surface area contributed by atoms with Crippen LogP contribution in [0.4, 0.5) is 5.69 Å². The SMILES string of the molecule is Cc1ccc(Cl)cc1NC(=O)COC(=O)c1nn(C)c(=O)c2ccccc12. The number of amides is 1. The summed E-state index contributed by atoms with van der Waals surface area (Å²) in [4.78, 5) is 36.6. The Hall–Kier alpha value is -3.19. The number of hydrogen-bond donors (Lipinski definition) is 1. The number of halogens is 1. The second-order valence-corrected chi connectivity index (χ2v) is 6.34. The van der Waals surface area contributed by atoms with Crippen molar-refractivity contribution in [1.29, 1.82) is 0 Å². The van der Waals surface area contributed by atoms with Crippen LogP contribution in [-0.4, -0.2) is 28.3 Å². The molecule has 0 saturated carbocycles. The van der Waals surface area contributed by atoms with Gasteiger partial charge < -0.3 is 10.1 Å². The Morgan fingerprint density at radius 2 is 1.89 bits per heavy atom. The number of nitrogens with zero attached hydrogens (tertiary/aromatic N) is 2. The highest BCUT2D eigenvalue weighted by Crippen LogP contribution is 2.20. The molecule has 0 bridgehead atoms. The number of esters is 1. The smallest absolute Gasteiger partial charge is 0.359 e. The summed E-state index contributed by atoms with van der Waals surface area (Å²) in [6.07, 6.45) is 0. The highest BCUT2D eigenvalue weighted by atomic mass is 35.5. The normalized spacial score (nSPS) is 10.6.